The van der Waals surface area contributed by atoms with Gasteiger partial charge in [-0.3, -0.25) is 0 Å². The van der Waals surface area contributed by atoms with Crippen LogP contribution in [0.5, 0.6) is 0 Å². The third-order valence-corrected chi connectivity index (χ3v) is 2.39. The lowest BCUT2D eigenvalue weighted by Crippen LogP contribution is -2.24. The van der Waals surface area contributed by atoms with Crippen LogP contribution in [0.3, 0.4) is 0 Å². The fraction of sp³-hybridized carbons (Fsp3) is 0.583. The summed E-state index contributed by atoms with van der Waals surface area (Å²) in [6.45, 7) is 4.92. The third-order valence-electron chi connectivity index (χ3n) is 2.39. The van der Waals surface area contributed by atoms with Gasteiger partial charge in [-0.05, 0) is 25.5 Å². The second-order valence-electron chi connectivity index (χ2n) is 3.83. The summed E-state index contributed by atoms with van der Waals surface area (Å²) < 4.78 is 9.89. The average Bonchev–Trinajstić information content (AvgIpc) is 2.74. The molecule has 0 fully saturated rings. The number of ether oxygens (including phenoxy) is 1. The van der Waals surface area contributed by atoms with Gasteiger partial charge >= 0.3 is 5.97 Å². The summed E-state index contributed by atoms with van der Waals surface area (Å²) >= 11 is 0. The van der Waals surface area contributed by atoms with E-state index < -0.39 is 5.97 Å². The van der Waals surface area contributed by atoms with Crippen LogP contribution in [0.4, 0.5) is 0 Å². The lowest BCUT2D eigenvalue weighted by atomic mass is 10.2. The van der Waals surface area contributed by atoms with Crippen molar-refractivity contribution in [1.82, 2.24) is 5.32 Å². The van der Waals surface area contributed by atoms with Gasteiger partial charge in [0.15, 0.2) is 0 Å². The Morgan fingerprint density at radius 2 is 2.31 bits per heavy atom. The Hall–Kier alpha value is -1.29. The summed E-state index contributed by atoms with van der Waals surface area (Å²) in [7, 11) is 1.34. The smallest absolute Gasteiger partial charge is 0.373 e. The van der Waals surface area contributed by atoms with E-state index in [1.165, 1.54) is 7.11 Å². The van der Waals surface area contributed by atoms with E-state index in [4.69, 9.17) is 4.42 Å². The normalized spacial score (nSPS) is 12.4. The van der Waals surface area contributed by atoms with Gasteiger partial charge in [-0.2, -0.15) is 0 Å². The molecule has 0 radical (unpaired) electrons. The monoisotopic (exact) mass is 225 g/mol. The molecule has 4 heteroatoms. The van der Waals surface area contributed by atoms with Crippen LogP contribution < -0.4 is 5.32 Å². The van der Waals surface area contributed by atoms with Gasteiger partial charge in [0, 0.05) is 6.04 Å². The summed E-state index contributed by atoms with van der Waals surface area (Å²) in [4.78, 5) is 11.1. The molecule has 1 aromatic heterocycles. The van der Waals surface area contributed by atoms with E-state index >= 15 is 0 Å². The van der Waals surface area contributed by atoms with Crippen molar-refractivity contribution in [2.24, 2.45) is 0 Å². The van der Waals surface area contributed by atoms with E-state index in [-0.39, 0.29) is 5.76 Å². The topological polar surface area (TPSA) is 51.5 Å². The first-order valence-corrected chi connectivity index (χ1v) is 5.57. The predicted molar refractivity (Wildman–Crippen MR) is 61.3 cm³/mol. The van der Waals surface area contributed by atoms with E-state index in [2.05, 4.69) is 23.9 Å². The molecule has 0 saturated heterocycles. The number of hydrogen-bond donors (Lipinski definition) is 1. The summed E-state index contributed by atoms with van der Waals surface area (Å²) in [5, 5.41) is 3.32. The van der Waals surface area contributed by atoms with Crippen LogP contribution in [0.2, 0.25) is 0 Å². The first kappa shape index (κ1) is 12.8. The van der Waals surface area contributed by atoms with Gasteiger partial charge in [0.2, 0.25) is 5.76 Å². The van der Waals surface area contributed by atoms with Gasteiger partial charge in [0.1, 0.15) is 5.76 Å². The zero-order chi connectivity index (χ0) is 12.0. The van der Waals surface area contributed by atoms with E-state index in [1.807, 2.05) is 0 Å². The maximum absolute atomic E-state index is 11.1. The van der Waals surface area contributed by atoms with Crippen molar-refractivity contribution in [1.29, 1.82) is 0 Å². The Kier molecular flexibility index (Phi) is 5.05. The number of furan rings is 1. The summed E-state index contributed by atoms with van der Waals surface area (Å²) in [6, 6.07) is 3.88. The minimum absolute atomic E-state index is 0.252. The fourth-order valence-electron chi connectivity index (χ4n) is 1.49. The van der Waals surface area contributed by atoms with Crippen molar-refractivity contribution in [3.05, 3.63) is 23.7 Å². The van der Waals surface area contributed by atoms with Gasteiger partial charge in [0.25, 0.3) is 0 Å². The van der Waals surface area contributed by atoms with Crippen LogP contribution in [-0.4, -0.2) is 19.1 Å². The first-order valence-electron chi connectivity index (χ1n) is 5.57. The molecule has 0 spiro atoms. The molecular formula is C12H19NO3. The van der Waals surface area contributed by atoms with E-state index in [1.54, 1.807) is 12.1 Å². The van der Waals surface area contributed by atoms with Gasteiger partial charge in [-0.25, -0.2) is 4.79 Å². The lowest BCUT2D eigenvalue weighted by molar-refractivity contribution is 0.0563. The Morgan fingerprint density at radius 3 is 2.94 bits per heavy atom. The first-order chi connectivity index (χ1) is 7.67. The van der Waals surface area contributed by atoms with Gasteiger partial charge < -0.3 is 14.5 Å². The molecule has 1 atom stereocenters. The fourth-order valence-corrected chi connectivity index (χ4v) is 1.49. The van der Waals surface area contributed by atoms with Crippen LogP contribution in [0.15, 0.2) is 16.5 Å². The van der Waals surface area contributed by atoms with E-state index in [9.17, 15) is 4.79 Å². The highest BCUT2D eigenvalue weighted by atomic mass is 16.5. The molecule has 1 aromatic rings. The van der Waals surface area contributed by atoms with Crippen molar-refractivity contribution >= 4 is 5.97 Å². The molecule has 0 amide bonds. The van der Waals surface area contributed by atoms with Crippen LogP contribution >= 0.6 is 0 Å². The number of rotatable bonds is 6. The van der Waals surface area contributed by atoms with Crippen LogP contribution in [-0.2, 0) is 11.3 Å². The quantitative estimate of drug-likeness (QED) is 0.755. The minimum Gasteiger partial charge on any atom is -0.463 e. The molecule has 4 nitrogen and oxygen atoms in total. The molecule has 0 aliphatic carbocycles. The highest BCUT2D eigenvalue weighted by Gasteiger charge is 2.11. The van der Waals surface area contributed by atoms with Crippen LogP contribution in [0.1, 0.15) is 43.0 Å². The Morgan fingerprint density at radius 1 is 1.56 bits per heavy atom. The molecule has 90 valence electrons. The zero-order valence-corrected chi connectivity index (χ0v) is 10.1. The second kappa shape index (κ2) is 6.33. The van der Waals surface area contributed by atoms with Gasteiger partial charge in [-0.15, -0.1) is 0 Å². The zero-order valence-electron chi connectivity index (χ0n) is 10.1. The number of carbonyl (C=O) groups excluding carboxylic acids is 1. The molecule has 1 rings (SSSR count). The maximum Gasteiger partial charge on any atom is 0.373 e. The molecule has 0 saturated carbocycles. The predicted octanol–water partition coefficient (Wildman–Crippen LogP) is 2.34. The van der Waals surface area contributed by atoms with Crippen molar-refractivity contribution in [3.8, 4) is 0 Å². The molecule has 0 aliphatic heterocycles. The number of esters is 1. The Labute approximate surface area is 96.0 Å². The van der Waals surface area contributed by atoms with Crippen molar-refractivity contribution in [2.75, 3.05) is 7.11 Å². The highest BCUT2D eigenvalue weighted by Crippen LogP contribution is 2.09. The SMILES string of the molecule is CCCC(C)NCc1ccc(C(=O)OC)o1. The molecule has 16 heavy (non-hydrogen) atoms. The van der Waals surface area contributed by atoms with Gasteiger partial charge in [-0.1, -0.05) is 13.3 Å². The van der Waals surface area contributed by atoms with Crippen LogP contribution in [0.25, 0.3) is 0 Å². The summed E-state index contributed by atoms with van der Waals surface area (Å²) in [5.41, 5.74) is 0. The lowest BCUT2D eigenvalue weighted by Gasteiger charge is -2.10. The number of hydrogen-bond acceptors (Lipinski definition) is 4. The summed E-state index contributed by atoms with van der Waals surface area (Å²) in [6.07, 6.45) is 2.28. The van der Waals surface area contributed by atoms with Crippen molar-refractivity contribution in [3.63, 3.8) is 0 Å². The Balaban J connectivity index is 2.43. The molecule has 1 N–H and O–H groups in total. The Bertz CT molecular complexity index is 333. The van der Waals surface area contributed by atoms with E-state index in [0.29, 0.717) is 12.6 Å². The van der Waals surface area contributed by atoms with Gasteiger partial charge in [0.05, 0.1) is 13.7 Å². The minimum atomic E-state index is -0.437. The van der Waals surface area contributed by atoms with E-state index in [0.717, 1.165) is 18.6 Å². The molecule has 1 unspecified atom stereocenters. The number of methoxy groups -OCH3 is 1. The third kappa shape index (κ3) is 3.70. The molecule has 0 aromatic carbocycles. The molecule has 1 heterocycles. The molecule has 0 bridgehead atoms. The number of carbonyl (C=O) groups is 1. The standard InChI is InChI=1S/C12H19NO3/c1-4-5-9(2)13-8-10-6-7-11(16-10)12(14)15-3/h6-7,9,13H,4-5,8H2,1-3H3. The number of nitrogens with one attached hydrogen (secondary N) is 1. The van der Waals surface area contributed by atoms with Crippen molar-refractivity contribution < 1.29 is 13.9 Å². The largest absolute Gasteiger partial charge is 0.463 e. The van der Waals surface area contributed by atoms with Crippen molar-refractivity contribution in [2.45, 2.75) is 39.3 Å². The highest BCUT2D eigenvalue weighted by molar-refractivity contribution is 5.86. The second-order valence-corrected chi connectivity index (χ2v) is 3.83. The van der Waals surface area contributed by atoms with Crippen LogP contribution in [0, 0.1) is 0 Å². The molecular weight excluding hydrogens is 206 g/mol. The molecule has 0 aliphatic rings. The summed E-state index contributed by atoms with van der Waals surface area (Å²) in [5.74, 6) is 0.568. The maximum atomic E-state index is 11.1. The average molecular weight is 225 g/mol.